The number of rotatable bonds is 27. The lowest BCUT2D eigenvalue weighted by Crippen LogP contribution is -2.37. The lowest BCUT2D eigenvalue weighted by Gasteiger charge is -2.23. The van der Waals surface area contributed by atoms with Crippen molar-refractivity contribution >= 4 is 21.6 Å². The van der Waals surface area contributed by atoms with Gasteiger partial charge in [-0.2, -0.15) is 0 Å². The number of hydrogen-bond donors (Lipinski definition) is 4. The van der Waals surface area contributed by atoms with Crippen molar-refractivity contribution in [2.75, 3.05) is 37.9 Å². The third-order valence-electron chi connectivity index (χ3n) is 6.59. The molecule has 0 radical (unpaired) electrons. The second-order valence-electron chi connectivity index (χ2n) is 10.1. The second-order valence-corrected chi connectivity index (χ2v) is 12.8. The van der Waals surface area contributed by atoms with Crippen LogP contribution in [0, 0.1) is 5.41 Å². The Bertz CT molecular complexity index is 327. The molecule has 0 unspecified atom stereocenters. The maximum Gasteiger partial charge on any atom is 0.0627 e. The van der Waals surface area contributed by atoms with Gasteiger partial charge in [0.15, 0.2) is 0 Å². The Hall–Kier alpha value is 0.540. The molecule has 0 aromatic rings. The van der Waals surface area contributed by atoms with Crippen LogP contribution in [0.4, 0.5) is 0 Å². The minimum absolute atomic E-state index is 0.406. The number of unbranched alkanes of at least 4 members (excludes halogenated alkanes) is 18. The topological polar surface area (TPSA) is 80.9 Å². The van der Waals surface area contributed by atoms with Crippen LogP contribution in [0.15, 0.2) is 0 Å². The van der Waals surface area contributed by atoms with Crippen molar-refractivity contribution in [2.45, 2.75) is 142 Å². The van der Waals surface area contributed by atoms with E-state index in [0.717, 1.165) is 0 Å². The summed E-state index contributed by atoms with van der Waals surface area (Å²) in [5.74, 6) is 2.75. The maximum absolute atomic E-state index is 8.50. The highest BCUT2D eigenvalue weighted by Crippen LogP contribution is 2.25. The molecule has 0 fully saturated rings. The lowest BCUT2D eigenvalue weighted by molar-refractivity contribution is -0.0328. The van der Waals surface area contributed by atoms with E-state index >= 15 is 0 Å². The predicted molar refractivity (Wildman–Crippen MR) is 159 cm³/mol. The van der Waals surface area contributed by atoms with E-state index in [2.05, 4.69) is 35.4 Å². The molecule has 0 aliphatic rings. The van der Waals surface area contributed by atoms with E-state index in [1.807, 2.05) is 0 Å². The van der Waals surface area contributed by atoms with Crippen LogP contribution in [0.2, 0.25) is 0 Å². The van der Waals surface area contributed by atoms with Gasteiger partial charge in [0.05, 0.1) is 31.8 Å². The van der Waals surface area contributed by atoms with Gasteiger partial charge in [-0.1, -0.05) is 151 Å². The molecule has 0 aromatic carbocycles. The molecule has 0 spiro atoms. The summed E-state index contributed by atoms with van der Waals surface area (Å²) in [5.41, 5.74) is -1.11. The van der Waals surface area contributed by atoms with Gasteiger partial charge in [-0.15, -0.1) is 0 Å². The summed E-state index contributed by atoms with van der Waals surface area (Å²) in [5, 5.41) is 34.0. The number of aliphatic hydroxyl groups is 4. The minimum atomic E-state index is -1.11. The van der Waals surface area contributed by atoms with E-state index in [0.29, 0.717) is 0 Å². The van der Waals surface area contributed by atoms with Crippen molar-refractivity contribution in [3.8, 4) is 0 Å². The van der Waals surface area contributed by atoms with E-state index in [4.69, 9.17) is 20.4 Å². The Balaban J connectivity index is 0. The van der Waals surface area contributed by atoms with E-state index < -0.39 is 31.8 Å². The molecule has 0 aromatic heterocycles. The van der Waals surface area contributed by atoms with Gasteiger partial charge in [-0.05, 0) is 12.8 Å². The number of hydrogen-bond acceptors (Lipinski definition) is 6. The highest BCUT2D eigenvalue weighted by Gasteiger charge is 2.26. The molecule has 214 valence electrons. The van der Waals surface area contributed by atoms with Gasteiger partial charge < -0.3 is 20.4 Å². The molecule has 0 atom stereocenters. The van der Waals surface area contributed by atoms with Gasteiger partial charge in [0.2, 0.25) is 0 Å². The van der Waals surface area contributed by atoms with Crippen LogP contribution < -0.4 is 0 Å². The minimum Gasteiger partial charge on any atom is -0.396 e. The van der Waals surface area contributed by atoms with Crippen molar-refractivity contribution in [2.24, 2.45) is 5.41 Å². The average molecular weight is 539 g/mol. The van der Waals surface area contributed by atoms with E-state index in [-0.39, 0.29) is 0 Å². The normalized spacial score (nSPS) is 11.5. The molecule has 4 nitrogen and oxygen atoms in total. The highest BCUT2D eigenvalue weighted by atomic mass is 33.1. The first-order valence-corrected chi connectivity index (χ1v) is 17.3. The number of aliphatic hydroxyl groups excluding tert-OH is 4. The third-order valence-corrected chi connectivity index (χ3v) is 9.16. The van der Waals surface area contributed by atoms with Gasteiger partial charge >= 0.3 is 0 Å². The van der Waals surface area contributed by atoms with E-state index in [1.54, 1.807) is 0 Å². The third kappa shape index (κ3) is 29.0. The molecule has 0 aliphatic carbocycles. The largest absolute Gasteiger partial charge is 0.396 e. The molecule has 35 heavy (non-hydrogen) atoms. The molecule has 0 rings (SSSR count). The van der Waals surface area contributed by atoms with Crippen molar-refractivity contribution in [3.63, 3.8) is 0 Å². The van der Waals surface area contributed by atoms with Gasteiger partial charge in [0, 0.05) is 11.5 Å². The zero-order chi connectivity index (χ0) is 26.3. The molecule has 0 saturated heterocycles. The van der Waals surface area contributed by atoms with Crippen molar-refractivity contribution < 1.29 is 20.4 Å². The quantitative estimate of drug-likeness (QED) is 0.0624. The second kappa shape index (κ2) is 32.6. The average Bonchev–Trinajstić information content (AvgIpc) is 2.89. The molecule has 0 saturated carbocycles. The molecule has 0 bridgehead atoms. The molecule has 0 aliphatic heterocycles. The van der Waals surface area contributed by atoms with Gasteiger partial charge in [-0.25, -0.2) is 0 Å². The molecule has 0 amide bonds. The molecule has 6 heteroatoms. The summed E-state index contributed by atoms with van der Waals surface area (Å²) in [7, 11) is 4.25. The summed E-state index contributed by atoms with van der Waals surface area (Å²) in [6, 6.07) is 0. The fraction of sp³-hybridized carbons (Fsp3) is 1.00. The monoisotopic (exact) mass is 538 g/mol. The first kappa shape index (κ1) is 37.7. The van der Waals surface area contributed by atoms with Crippen LogP contribution in [0.25, 0.3) is 0 Å². The van der Waals surface area contributed by atoms with Gasteiger partial charge in [0.25, 0.3) is 0 Å². The molecule has 0 heterocycles. The lowest BCUT2D eigenvalue weighted by atomic mass is 9.93. The Morgan fingerprint density at radius 2 is 0.600 bits per heavy atom. The molecular weight excluding hydrogens is 476 g/mol. The fourth-order valence-electron chi connectivity index (χ4n) is 3.71. The molecular formula is C29H62O4S2. The first-order valence-electron chi connectivity index (χ1n) is 14.8. The summed E-state index contributed by atoms with van der Waals surface area (Å²) in [4.78, 5) is 0. The SMILES string of the molecule is CCCCCCCCCCCCSSCCCCCCCCCCCC.OCC(CO)(CO)CO. The fourth-order valence-corrected chi connectivity index (χ4v) is 6.01. The van der Waals surface area contributed by atoms with Crippen LogP contribution in [-0.2, 0) is 0 Å². The summed E-state index contributed by atoms with van der Waals surface area (Å²) < 4.78 is 0. The Morgan fingerprint density at radius 3 is 0.800 bits per heavy atom. The highest BCUT2D eigenvalue weighted by molar-refractivity contribution is 8.76. The molecule has 4 N–H and O–H groups in total. The van der Waals surface area contributed by atoms with Gasteiger partial charge in [0.1, 0.15) is 0 Å². The van der Waals surface area contributed by atoms with Crippen LogP contribution in [0.5, 0.6) is 0 Å². The maximum atomic E-state index is 8.50. The Kier molecular flexibility index (Phi) is 35.1. The van der Waals surface area contributed by atoms with E-state index in [9.17, 15) is 0 Å². The standard InChI is InChI=1S/C24H50S2.C5H12O4/c1-3-5-7-9-11-13-15-17-19-21-23-25-26-24-22-20-18-16-14-12-10-8-6-4-2;6-1-5(2-7,3-8)4-9/h3-24H2,1-2H3;6-9H,1-4H2. The Morgan fingerprint density at radius 1 is 0.371 bits per heavy atom. The zero-order valence-corrected chi connectivity index (χ0v) is 25.1. The smallest absolute Gasteiger partial charge is 0.0627 e. The summed E-state index contributed by atoms with van der Waals surface area (Å²) in [6.07, 6.45) is 29.1. The van der Waals surface area contributed by atoms with Gasteiger partial charge in [-0.3, -0.25) is 0 Å². The van der Waals surface area contributed by atoms with Crippen LogP contribution in [0.1, 0.15) is 142 Å². The summed E-state index contributed by atoms with van der Waals surface area (Å²) >= 11 is 0. The predicted octanol–water partition coefficient (Wildman–Crippen LogP) is 8.15. The first-order chi connectivity index (χ1) is 17.2. The Labute approximate surface area is 227 Å². The zero-order valence-electron chi connectivity index (χ0n) is 23.5. The van der Waals surface area contributed by atoms with Crippen LogP contribution in [0.3, 0.4) is 0 Å². The van der Waals surface area contributed by atoms with Crippen molar-refractivity contribution in [1.82, 2.24) is 0 Å². The van der Waals surface area contributed by atoms with Crippen LogP contribution >= 0.6 is 21.6 Å². The van der Waals surface area contributed by atoms with E-state index in [1.165, 1.54) is 140 Å². The van der Waals surface area contributed by atoms with Crippen LogP contribution in [-0.4, -0.2) is 58.4 Å². The van der Waals surface area contributed by atoms with Crippen molar-refractivity contribution in [1.29, 1.82) is 0 Å². The van der Waals surface area contributed by atoms with Crippen molar-refractivity contribution in [3.05, 3.63) is 0 Å². The summed E-state index contributed by atoms with van der Waals surface area (Å²) in [6.45, 7) is 2.97.